The minimum atomic E-state index is 0.698. The highest BCUT2D eigenvalue weighted by atomic mass is 32.1. The lowest BCUT2D eigenvalue weighted by Crippen LogP contribution is -2.51. The van der Waals surface area contributed by atoms with Crippen LogP contribution in [0, 0.1) is 0 Å². The van der Waals surface area contributed by atoms with Gasteiger partial charge in [0, 0.05) is 50.3 Å². The number of nitrogens with zero attached hydrogens (tertiary/aromatic N) is 5. The number of hydrogen-bond acceptors (Lipinski definition) is 5. The molecule has 2 aliphatic rings. The van der Waals surface area contributed by atoms with E-state index in [1.54, 1.807) is 11.3 Å². The molecule has 0 aromatic carbocycles. The van der Waals surface area contributed by atoms with Crippen molar-refractivity contribution in [3.8, 4) is 0 Å². The number of anilines is 1. The average Bonchev–Trinajstić information content (AvgIpc) is 3.28. The molecule has 2 fully saturated rings. The van der Waals surface area contributed by atoms with Gasteiger partial charge in [-0.05, 0) is 19.9 Å². The van der Waals surface area contributed by atoms with Crippen molar-refractivity contribution in [1.82, 2.24) is 14.8 Å². The molecular weight excluding hydrogens is 308 g/mol. The summed E-state index contributed by atoms with van der Waals surface area (Å²) in [6.45, 7) is 5.58. The molecule has 2 heterocycles. The SMILES string of the molecule is CN(CCN=C(N)N1CCN(c2nccs2)CC1)C1CCCC1. The first kappa shape index (κ1) is 16.5. The first-order chi connectivity index (χ1) is 11.2. The fourth-order valence-corrected chi connectivity index (χ4v) is 4.15. The Morgan fingerprint density at radius 1 is 1.35 bits per heavy atom. The first-order valence-corrected chi connectivity index (χ1v) is 9.51. The van der Waals surface area contributed by atoms with Gasteiger partial charge >= 0.3 is 0 Å². The van der Waals surface area contributed by atoms with E-state index in [0.717, 1.165) is 50.4 Å². The van der Waals surface area contributed by atoms with Gasteiger partial charge in [-0.25, -0.2) is 4.98 Å². The van der Waals surface area contributed by atoms with E-state index in [9.17, 15) is 0 Å². The maximum absolute atomic E-state index is 6.18. The van der Waals surface area contributed by atoms with Crippen LogP contribution in [0.4, 0.5) is 5.13 Å². The lowest BCUT2D eigenvalue weighted by Gasteiger charge is -2.35. The van der Waals surface area contributed by atoms with Gasteiger partial charge in [0.15, 0.2) is 11.1 Å². The van der Waals surface area contributed by atoms with Gasteiger partial charge in [-0.1, -0.05) is 12.8 Å². The van der Waals surface area contributed by atoms with Crippen LogP contribution in [-0.4, -0.2) is 73.1 Å². The Labute approximate surface area is 143 Å². The van der Waals surface area contributed by atoms with E-state index in [4.69, 9.17) is 5.73 Å². The molecule has 2 N–H and O–H groups in total. The van der Waals surface area contributed by atoms with Crippen molar-refractivity contribution in [2.45, 2.75) is 31.7 Å². The third-order valence-electron chi connectivity index (χ3n) is 4.97. The van der Waals surface area contributed by atoms with Crippen molar-refractivity contribution in [2.75, 3.05) is 51.2 Å². The van der Waals surface area contributed by atoms with Gasteiger partial charge < -0.3 is 20.4 Å². The maximum Gasteiger partial charge on any atom is 0.191 e. The Morgan fingerprint density at radius 3 is 2.74 bits per heavy atom. The summed E-state index contributed by atoms with van der Waals surface area (Å²) >= 11 is 1.70. The van der Waals surface area contributed by atoms with Crippen molar-refractivity contribution in [3.05, 3.63) is 11.6 Å². The molecule has 0 radical (unpaired) electrons. The van der Waals surface area contributed by atoms with Crippen LogP contribution in [0.25, 0.3) is 0 Å². The van der Waals surface area contributed by atoms with E-state index in [1.807, 2.05) is 11.6 Å². The van der Waals surface area contributed by atoms with Gasteiger partial charge in [-0.3, -0.25) is 4.99 Å². The Balaban J connectivity index is 1.40. The zero-order valence-electron chi connectivity index (χ0n) is 14.0. The lowest BCUT2D eigenvalue weighted by molar-refractivity contribution is 0.252. The molecule has 6 nitrogen and oxygen atoms in total. The van der Waals surface area contributed by atoms with Crippen molar-refractivity contribution >= 4 is 22.4 Å². The number of guanidine groups is 1. The van der Waals surface area contributed by atoms with Gasteiger partial charge in [-0.15, -0.1) is 11.3 Å². The van der Waals surface area contributed by atoms with Gasteiger partial charge in [0.2, 0.25) is 0 Å². The van der Waals surface area contributed by atoms with E-state index < -0.39 is 0 Å². The maximum atomic E-state index is 6.18. The zero-order valence-corrected chi connectivity index (χ0v) is 14.8. The predicted octanol–water partition coefficient (Wildman–Crippen LogP) is 1.45. The molecule has 1 aliphatic heterocycles. The molecule has 1 aromatic heterocycles. The Kier molecular flexibility index (Phi) is 5.72. The van der Waals surface area contributed by atoms with Crippen LogP contribution in [0.2, 0.25) is 0 Å². The Hall–Kier alpha value is -1.34. The fraction of sp³-hybridized carbons (Fsp3) is 0.750. The van der Waals surface area contributed by atoms with Crippen LogP contribution >= 0.6 is 11.3 Å². The number of likely N-dealkylation sites (N-methyl/N-ethyl adjacent to an activating group) is 1. The van der Waals surface area contributed by atoms with Crippen molar-refractivity contribution < 1.29 is 0 Å². The highest BCUT2D eigenvalue weighted by molar-refractivity contribution is 7.13. The van der Waals surface area contributed by atoms with Crippen molar-refractivity contribution in [3.63, 3.8) is 0 Å². The summed E-state index contributed by atoms with van der Waals surface area (Å²) in [4.78, 5) is 15.9. The molecule has 0 bridgehead atoms. The van der Waals surface area contributed by atoms with E-state index >= 15 is 0 Å². The number of aromatic nitrogens is 1. The molecular formula is C16H28N6S. The summed E-state index contributed by atoms with van der Waals surface area (Å²) in [5.74, 6) is 0.698. The molecule has 1 aliphatic carbocycles. The topological polar surface area (TPSA) is 61.0 Å². The predicted molar refractivity (Wildman–Crippen MR) is 97.3 cm³/mol. The molecule has 3 rings (SSSR count). The smallest absolute Gasteiger partial charge is 0.191 e. The van der Waals surface area contributed by atoms with Crippen LogP contribution < -0.4 is 10.6 Å². The molecule has 128 valence electrons. The standard InChI is InChI=1S/C16H28N6S/c1-20(14-4-2-3-5-14)8-6-18-15(17)21-9-11-22(12-10-21)16-19-7-13-23-16/h7,13-14H,2-6,8-12H2,1H3,(H2,17,18). The highest BCUT2D eigenvalue weighted by Gasteiger charge is 2.21. The quantitative estimate of drug-likeness (QED) is 0.651. The fourth-order valence-electron chi connectivity index (χ4n) is 3.45. The second-order valence-corrected chi connectivity index (χ2v) is 7.32. The summed E-state index contributed by atoms with van der Waals surface area (Å²) < 4.78 is 0. The summed E-state index contributed by atoms with van der Waals surface area (Å²) in [5.41, 5.74) is 6.18. The summed E-state index contributed by atoms with van der Waals surface area (Å²) in [7, 11) is 2.22. The van der Waals surface area contributed by atoms with E-state index in [0.29, 0.717) is 5.96 Å². The first-order valence-electron chi connectivity index (χ1n) is 8.63. The normalized spacial score (nSPS) is 20.7. The van der Waals surface area contributed by atoms with Gasteiger partial charge in [0.1, 0.15) is 0 Å². The molecule has 0 amide bonds. The van der Waals surface area contributed by atoms with Crippen molar-refractivity contribution in [2.24, 2.45) is 10.7 Å². The van der Waals surface area contributed by atoms with E-state index in [2.05, 4.69) is 31.7 Å². The molecule has 1 saturated heterocycles. The second-order valence-electron chi connectivity index (χ2n) is 6.45. The molecule has 23 heavy (non-hydrogen) atoms. The zero-order chi connectivity index (χ0) is 16.1. The largest absolute Gasteiger partial charge is 0.370 e. The number of thiazole rings is 1. The number of piperazine rings is 1. The number of aliphatic imine (C=N–C) groups is 1. The lowest BCUT2D eigenvalue weighted by atomic mass is 10.2. The molecule has 1 aromatic rings. The Morgan fingerprint density at radius 2 is 2.09 bits per heavy atom. The number of rotatable bonds is 5. The van der Waals surface area contributed by atoms with E-state index in [1.165, 1.54) is 25.7 Å². The minimum absolute atomic E-state index is 0.698. The van der Waals surface area contributed by atoms with Crippen molar-refractivity contribution in [1.29, 1.82) is 0 Å². The summed E-state index contributed by atoms with van der Waals surface area (Å²) in [6.07, 6.45) is 7.31. The van der Waals surface area contributed by atoms with Crippen LogP contribution in [0.5, 0.6) is 0 Å². The van der Waals surface area contributed by atoms with Crippen LogP contribution in [0.3, 0.4) is 0 Å². The molecule has 0 unspecified atom stereocenters. The number of hydrogen-bond donors (Lipinski definition) is 1. The third-order valence-corrected chi connectivity index (χ3v) is 5.80. The van der Waals surface area contributed by atoms with Crippen LogP contribution in [0.15, 0.2) is 16.6 Å². The van der Waals surface area contributed by atoms with Gasteiger partial charge in [0.25, 0.3) is 0 Å². The second kappa shape index (κ2) is 7.97. The Bertz CT molecular complexity index is 489. The third kappa shape index (κ3) is 4.35. The molecule has 7 heteroatoms. The monoisotopic (exact) mass is 336 g/mol. The molecule has 0 atom stereocenters. The molecule has 0 spiro atoms. The average molecular weight is 337 g/mol. The number of nitrogens with two attached hydrogens (primary N) is 1. The highest BCUT2D eigenvalue weighted by Crippen LogP contribution is 2.22. The van der Waals surface area contributed by atoms with Crippen LogP contribution in [0.1, 0.15) is 25.7 Å². The molecule has 1 saturated carbocycles. The minimum Gasteiger partial charge on any atom is -0.370 e. The van der Waals surface area contributed by atoms with Crippen LogP contribution in [-0.2, 0) is 0 Å². The van der Waals surface area contributed by atoms with Gasteiger partial charge in [0.05, 0.1) is 6.54 Å². The van der Waals surface area contributed by atoms with Gasteiger partial charge in [-0.2, -0.15) is 0 Å². The summed E-state index contributed by atoms with van der Waals surface area (Å²) in [5, 5.41) is 3.14. The van der Waals surface area contributed by atoms with E-state index in [-0.39, 0.29) is 0 Å². The summed E-state index contributed by atoms with van der Waals surface area (Å²) in [6, 6.07) is 0.758.